The summed E-state index contributed by atoms with van der Waals surface area (Å²) < 4.78 is 107. The molecule has 3 rings (SSSR count). The highest BCUT2D eigenvalue weighted by atomic mass is 19.4. The van der Waals surface area contributed by atoms with Crippen molar-refractivity contribution >= 4 is 23.0 Å². The predicted octanol–water partition coefficient (Wildman–Crippen LogP) is 6.40. The van der Waals surface area contributed by atoms with Gasteiger partial charge < -0.3 is 10.6 Å². The van der Waals surface area contributed by atoms with Gasteiger partial charge in [-0.1, -0.05) is 0 Å². The van der Waals surface area contributed by atoms with Crippen LogP contribution in [0.5, 0.6) is 0 Å². The normalized spacial score (nSPS) is 11.4. The van der Waals surface area contributed by atoms with E-state index in [0.29, 0.717) is 6.07 Å². The number of carbonyl (C=O) groups excluding carboxylic acids is 1. The Bertz CT molecular complexity index is 1140. The van der Waals surface area contributed by atoms with E-state index in [2.05, 4.69) is 5.32 Å². The van der Waals surface area contributed by atoms with Crippen LogP contribution in [0, 0.1) is 29.1 Å². The Morgan fingerprint density at radius 3 is 1.90 bits per heavy atom. The predicted molar refractivity (Wildman–Crippen MR) is 95.4 cm³/mol. The zero-order chi connectivity index (χ0) is 22.9. The summed E-state index contributed by atoms with van der Waals surface area (Å²) in [6, 6.07) is 4.99. The summed E-state index contributed by atoms with van der Waals surface area (Å²) >= 11 is 0. The lowest BCUT2D eigenvalue weighted by Gasteiger charge is -2.16. The van der Waals surface area contributed by atoms with Gasteiger partial charge in [-0.3, -0.25) is 4.79 Å². The average molecular weight is 446 g/mol. The maximum atomic E-state index is 14.3. The molecule has 1 amide bonds. The molecule has 3 nitrogen and oxygen atoms in total. The first-order chi connectivity index (χ1) is 14.5. The fourth-order valence-electron chi connectivity index (χ4n) is 2.65. The molecule has 0 aliphatic carbocycles. The van der Waals surface area contributed by atoms with E-state index in [9.17, 15) is 39.9 Å². The molecule has 0 aromatic heterocycles. The molecule has 3 aromatic carbocycles. The lowest BCUT2D eigenvalue weighted by Crippen LogP contribution is -2.16. The molecule has 3 aromatic rings. The molecule has 0 spiro atoms. The molecule has 162 valence electrons. The van der Waals surface area contributed by atoms with E-state index < -0.39 is 63.7 Å². The Labute approximate surface area is 169 Å². The third-order valence-corrected chi connectivity index (χ3v) is 4.02. The number of carbonyl (C=O) groups is 1. The molecule has 0 bridgehead atoms. The van der Waals surface area contributed by atoms with Crippen molar-refractivity contribution < 1.29 is 39.9 Å². The van der Waals surface area contributed by atoms with E-state index >= 15 is 0 Å². The molecule has 31 heavy (non-hydrogen) atoms. The maximum Gasteiger partial charge on any atom is 0.418 e. The van der Waals surface area contributed by atoms with Gasteiger partial charge in [-0.25, -0.2) is 22.0 Å². The fraction of sp³-hybridized carbons (Fsp3) is 0.0500. The zero-order valence-electron chi connectivity index (χ0n) is 15.1. The van der Waals surface area contributed by atoms with Crippen LogP contribution < -0.4 is 10.6 Å². The second kappa shape index (κ2) is 8.25. The average Bonchev–Trinajstić information content (AvgIpc) is 2.63. The summed E-state index contributed by atoms with van der Waals surface area (Å²) in [6.07, 6.45) is -4.92. The van der Waals surface area contributed by atoms with Crippen molar-refractivity contribution in [3.8, 4) is 0 Å². The summed E-state index contributed by atoms with van der Waals surface area (Å²) in [7, 11) is 0. The first-order valence-electron chi connectivity index (χ1n) is 8.35. The number of halogens is 8. The Kier molecular flexibility index (Phi) is 5.87. The van der Waals surface area contributed by atoms with E-state index in [1.165, 1.54) is 0 Å². The third kappa shape index (κ3) is 4.93. The Hall–Kier alpha value is -3.63. The first kappa shape index (κ1) is 22.1. The van der Waals surface area contributed by atoms with Crippen LogP contribution in [0.25, 0.3) is 0 Å². The van der Waals surface area contributed by atoms with Gasteiger partial charge in [-0.2, -0.15) is 13.2 Å². The SMILES string of the molecule is O=C(Nc1ccc(Nc2ccc(F)cc2C(F)(F)F)c(F)c1)c1c(F)cc(F)cc1F. The van der Waals surface area contributed by atoms with Crippen molar-refractivity contribution in [3.63, 3.8) is 0 Å². The summed E-state index contributed by atoms with van der Waals surface area (Å²) in [5, 5.41) is 4.17. The van der Waals surface area contributed by atoms with E-state index in [0.717, 1.165) is 24.3 Å². The van der Waals surface area contributed by atoms with Gasteiger partial charge >= 0.3 is 6.18 Å². The number of nitrogens with one attached hydrogen (secondary N) is 2. The lowest BCUT2D eigenvalue weighted by molar-refractivity contribution is -0.137. The molecule has 0 unspecified atom stereocenters. The molecular weight excluding hydrogens is 436 g/mol. The number of rotatable bonds is 4. The highest BCUT2D eigenvalue weighted by molar-refractivity contribution is 6.04. The molecule has 0 aliphatic heterocycles. The zero-order valence-corrected chi connectivity index (χ0v) is 15.1. The fourth-order valence-corrected chi connectivity index (χ4v) is 2.65. The number of benzene rings is 3. The van der Waals surface area contributed by atoms with Crippen LogP contribution in [0.3, 0.4) is 0 Å². The van der Waals surface area contributed by atoms with Crippen molar-refractivity contribution in [3.05, 3.63) is 88.7 Å². The molecule has 0 fully saturated rings. The summed E-state index contributed by atoms with van der Waals surface area (Å²) in [6.45, 7) is 0. The van der Waals surface area contributed by atoms with Gasteiger partial charge in [0.2, 0.25) is 0 Å². The van der Waals surface area contributed by atoms with Gasteiger partial charge in [0.1, 0.15) is 34.6 Å². The van der Waals surface area contributed by atoms with E-state index in [1.807, 2.05) is 5.32 Å². The van der Waals surface area contributed by atoms with Crippen molar-refractivity contribution in [2.24, 2.45) is 0 Å². The topological polar surface area (TPSA) is 41.1 Å². The van der Waals surface area contributed by atoms with Gasteiger partial charge in [0.25, 0.3) is 5.91 Å². The molecule has 0 radical (unpaired) electrons. The lowest BCUT2D eigenvalue weighted by atomic mass is 10.1. The Morgan fingerprint density at radius 2 is 1.32 bits per heavy atom. The van der Waals surface area contributed by atoms with Gasteiger partial charge in [0, 0.05) is 17.8 Å². The van der Waals surface area contributed by atoms with Crippen molar-refractivity contribution in [1.82, 2.24) is 0 Å². The molecule has 0 saturated heterocycles. The molecule has 0 atom stereocenters. The molecule has 11 heteroatoms. The van der Waals surface area contributed by atoms with E-state index in [-0.39, 0.29) is 23.9 Å². The van der Waals surface area contributed by atoms with Crippen LogP contribution in [0.1, 0.15) is 15.9 Å². The van der Waals surface area contributed by atoms with E-state index in [4.69, 9.17) is 0 Å². The largest absolute Gasteiger partial charge is 0.418 e. The second-order valence-corrected chi connectivity index (χ2v) is 6.21. The summed E-state index contributed by atoms with van der Waals surface area (Å²) in [5.41, 5.74) is -3.84. The summed E-state index contributed by atoms with van der Waals surface area (Å²) in [4.78, 5) is 12.0. The van der Waals surface area contributed by atoms with Crippen molar-refractivity contribution in [2.45, 2.75) is 6.18 Å². The minimum absolute atomic E-state index is 0.237. The third-order valence-electron chi connectivity index (χ3n) is 4.02. The quantitative estimate of drug-likeness (QED) is 0.456. The monoisotopic (exact) mass is 446 g/mol. The van der Waals surface area contributed by atoms with Gasteiger partial charge in [0.05, 0.1) is 16.9 Å². The van der Waals surface area contributed by atoms with Crippen LogP contribution >= 0.6 is 0 Å². The Balaban J connectivity index is 1.84. The van der Waals surface area contributed by atoms with Gasteiger partial charge in [-0.05, 0) is 36.4 Å². The molecule has 0 aliphatic rings. The van der Waals surface area contributed by atoms with Crippen molar-refractivity contribution in [2.75, 3.05) is 10.6 Å². The first-order valence-corrected chi connectivity index (χ1v) is 8.35. The number of amides is 1. The summed E-state index contributed by atoms with van der Waals surface area (Å²) in [5.74, 6) is -7.82. The van der Waals surface area contributed by atoms with Crippen LogP contribution in [0.2, 0.25) is 0 Å². The second-order valence-electron chi connectivity index (χ2n) is 6.21. The minimum Gasteiger partial charge on any atom is -0.353 e. The highest BCUT2D eigenvalue weighted by Gasteiger charge is 2.34. The Morgan fingerprint density at radius 1 is 0.710 bits per heavy atom. The van der Waals surface area contributed by atoms with Crippen LogP contribution in [0.15, 0.2) is 48.5 Å². The highest BCUT2D eigenvalue weighted by Crippen LogP contribution is 2.37. The maximum absolute atomic E-state index is 14.3. The number of alkyl halides is 3. The number of hydrogen-bond donors (Lipinski definition) is 2. The number of anilines is 3. The number of hydrogen-bond acceptors (Lipinski definition) is 2. The van der Waals surface area contributed by atoms with Crippen molar-refractivity contribution in [1.29, 1.82) is 0 Å². The molecular formula is C20H10F8N2O. The van der Waals surface area contributed by atoms with Gasteiger partial charge in [-0.15, -0.1) is 0 Å². The smallest absolute Gasteiger partial charge is 0.353 e. The molecule has 2 N–H and O–H groups in total. The minimum atomic E-state index is -4.92. The molecule has 0 saturated carbocycles. The standard InChI is InChI=1S/C20H10F8N2O/c21-9-1-3-16(12(5-9)20(26,27)28)30-17-4-2-11(8-13(17)23)29-19(31)18-14(24)6-10(22)7-15(18)25/h1-8,30H,(H,29,31). The van der Waals surface area contributed by atoms with E-state index in [1.54, 1.807) is 0 Å². The van der Waals surface area contributed by atoms with Crippen LogP contribution in [-0.4, -0.2) is 5.91 Å². The van der Waals surface area contributed by atoms with Crippen LogP contribution in [-0.2, 0) is 6.18 Å². The molecule has 0 heterocycles. The van der Waals surface area contributed by atoms with Gasteiger partial charge in [0.15, 0.2) is 0 Å². The van der Waals surface area contributed by atoms with Crippen LogP contribution in [0.4, 0.5) is 52.2 Å².